The van der Waals surface area contributed by atoms with Crippen LogP contribution in [0.5, 0.6) is 0 Å². The van der Waals surface area contributed by atoms with Gasteiger partial charge >= 0.3 is 11.8 Å². The lowest BCUT2D eigenvalue weighted by molar-refractivity contribution is -0.385. The first-order chi connectivity index (χ1) is 8.97. The topological polar surface area (TPSA) is 108 Å². The Morgan fingerprint density at radius 2 is 2.26 bits per heavy atom. The van der Waals surface area contributed by atoms with Gasteiger partial charge in [-0.3, -0.25) is 19.6 Å². The Hall–Kier alpha value is -2.45. The molecule has 9 heteroatoms. The molecule has 0 bridgehead atoms. The van der Waals surface area contributed by atoms with Crippen molar-refractivity contribution in [1.82, 2.24) is 14.7 Å². The van der Waals surface area contributed by atoms with Crippen molar-refractivity contribution in [2.45, 2.75) is 13.3 Å². The normalized spacial score (nSPS) is 14.6. The zero-order valence-electron chi connectivity index (χ0n) is 10.5. The third-order valence-corrected chi connectivity index (χ3v) is 2.82. The van der Waals surface area contributed by atoms with Gasteiger partial charge in [-0.1, -0.05) is 6.92 Å². The summed E-state index contributed by atoms with van der Waals surface area (Å²) in [5, 5.41) is 15.0. The highest BCUT2D eigenvalue weighted by Gasteiger charge is 2.37. The molecule has 1 aromatic rings. The Labute approximate surface area is 107 Å². The van der Waals surface area contributed by atoms with Crippen LogP contribution in [0.3, 0.4) is 0 Å². The van der Waals surface area contributed by atoms with Gasteiger partial charge in [-0.15, -0.1) is 0 Å². The summed E-state index contributed by atoms with van der Waals surface area (Å²) in [5.41, 5.74) is -0.348. The summed E-state index contributed by atoms with van der Waals surface area (Å²) in [6.45, 7) is 1.88. The van der Waals surface area contributed by atoms with E-state index in [2.05, 4.69) is 9.84 Å². The molecule has 0 N–H and O–H groups in total. The van der Waals surface area contributed by atoms with Crippen LogP contribution in [0, 0.1) is 10.1 Å². The molecule has 0 aliphatic carbocycles. The number of aryl methyl sites for hydroxylation is 2. The van der Waals surface area contributed by atoms with Crippen LogP contribution in [0.25, 0.3) is 0 Å². The number of amides is 2. The lowest BCUT2D eigenvalue weighted by atomic mass is 10.2. The summed E-state index contributed by atoms with van der Waals surface area (Å²) in [7, 11) is 1.43. The van der Waals surface area contributed by atoms with Gasteiger partial charge in [0, 0.05) is 7.05 Å². The van der Waals surface area contributed by atoms with Crippen molar-refractivity contribution < 1.29 is 19.2 Å². The number of carbonyl (C=O) groups excluding carboxylic acids is 2. The maximum atomic E-state index is 12.2. The molecule has 2 rings (SSSR count). The SMILES string of the molecule is CCc1nn(C)c(C(=O)N2CCOC2=O)c1[N+](=O)[O-]. The van der Waals surface area contributed by atoms with E-state index in [1.165, 1.54) is 7.05 Å². The molecule has 0 spiro atoms. The highest BCUT2D eigenvalue weighted by Crippen LogP contribution is 2.25. The third kappa shape index (κ3) is 2.02. The minimum Gasteiger partial charge on any atom is -0.447 e. The molecule has 0 radical (unpaired) electrons. The van der Waals surface area contributed by atoms with Gasteiger partial charge in [-0.05, 0) is 6.42 Å². The minimum absolute atomic E-state index is 0.0848. The lowest BCUT2D eigenvalue weighted by Crippen LogP contribution is -2.33. The molecule has 0 saturated carbocycles. The van der Waals surface area contributed by atoms with Crippen LogP contribution in [0.2, 0.25) is 0 Å². The van der Waals surface area contributed by atoms with Crippen molar-refractivity contribution in [3.05, 3.63) is 21.5 Å². The largest absolute Gasteiger partial charge is 0.447 e. The predicted molar refractivity (Wildman–Crippen MR) is 61.6 cm³/mol. The highest BCUT2D eigenvalue weighted by molar-refractivity contribution is 6.05. The van der Waals surface area contributed by atoms with E-state index in [4.69, 9.17) is 0 Å². The van der Waals surface area contributed by atoms with Crippen molar-refractivity contribution in [2.75, 3.05) is 13.2 Å². The number of hydrogen-bond donors (Lipinski definition) is 0. The molecule has 1 saturated heterocycles. The second kappa shape index (κ2) is 4.67. The van der Waals surface area contributed by atoms with Crippen LogP contribution >= 0.6 is 0 Å². The first-order valence-corrected chi connectivity index (χ1v) is 5.66. The van der Waals surface area contributed by atoms with Crippen molar-refractivity contribution in [3.63, 3.8) is 0 Å². The third-order valence-electron chi connectivity index (χ3n) is 2.82. The molecule has 19 heavy (non-hydrogen) atoms. The summed E-state index contributed by atoms with van der Waals surface area (Å²) in [6.07, 6.45) is -0.472. The fourth-order valence-corrected chi connectivity index (χ4v) is 1.94. The second-order valence-corrected chi connectivity index (χ2v) is 3.95. The summed E-state index contributed by atoms with van der Waals surface area (Å²) >= 11 is 0. The average Bonchev–Trinajstić information content (AvgIpc) is 2.91. The maximum absolute atomic E-state index is 12.2. The van der Waals surface area contributed by atoms with Gasteiger partial charge in [-0.25, -0.2) is 9.69 Å². The zero-order valence-corrected chi connectivity index (χ0v) is 10.5. The number of hydrogen-bond acceptors (Lipinski definition) is 6. The highest BCUT2D eigenvalue weighted by atomic mass is 16.6. The number of cyclic esters (lactones) is 1. The Morgan fingerprint density at radius 3 is 2.74 bits per heavy atom. The number of rotatable bonds is 3. The minimum atomic E-state index is -0.793. The van der Waals surface area contributed by atoms with E-state index in [-0.39, 0.29) is 30.2 Å². The molecule has 2 amide bonds. The standard InChI is InChI=1S/C10H12N4O5/c1-3-6-7(14(17)18)8(12(2)11-6)9(15)13-4-5-19-10(13)16/h3-5H2,1-2H3. The zero-order chi connectivity index (χ0) is 14.2. The summed E-state index contributed by atoms with van der Waals surface area (Å²) in [5.74, 6) is -0.760. The van der Waals surface area contributed by atoms with Crippen LogP contribution < -0.4 is 0 Å². The summed E-state index contributed by atoms with van der Waals surface area (Å²) in [6, 6.07) is 0. The number of nitro groups is 1. The van der Waals surface area contributed by atoms with Crippen LogP contribution in [0.4, 0.5) is 10.5 Å². The maximum Gasteiger partial charge on any atom is 0.417 e. The molecular weight excluding hydrogens is 256 g/mol. The molecular formula is C10H12N4O5. The van der Waals surface area contributed by atoms with Gasteiger partial charge in [0.05, 0.1) is 11.5 Å². The summed E-state index contributed by atoms with van der Waals surface area (Å²) in [4.78, 5) is 34.8. The van der Waals surface area contributed by atoms with Gasteiger partial charge in [0.15, 0.2) is 0 Å². The molecule has 0 unspecified atom stereocenters. The van der Waals surface area contributed by atoms with Crippen LogP contribution in [0.1, 0.15) is 23.1 Å². The van der Waals surface area contributed by atoms with Gasteiger partial charge in [0.2, 0.25) is 5.69 Å². The van der Waals surface area contributed by atoms with E-state index in [9.17, 15) is 19.7 Å². The van der Waals surface area contributed by atoms with Crippen LogP contribution in [-0.2, 0) is 18.2 Å². The number of aromatic nitrogens is 2. The molecule has 0 atom stereocenters. The smallest absolute Gasteiger partial charge is 0.417 e. The first kappa shape index (κ1) is 13.0. The van der Waals surface area contributed by atoms with Gasteiger partial charge < -0.3 is 4.74 Å². The Bertz CT molecular complexity index is 565. The van der Waals surface area contributed by atoms with E-state index >= 15 is 0 Å². The molecule has 1 aliphatic heterocycles. The monoisotopic (exact) mass is 268 g/mol. The molecule has 2 heterocycles. The molecule has 102 valence electrons. The molecule has 1 aliphatic rings. The quantitative estimate of drug-likeness (QED) is 0.583. The van der Waals surface area contributed by atoms with E-state index in [0.717, 1.165) is 9.58 Å². The number of ether oxygens (including phenoxy) is 1. The molecule has 1 aromatic heterocycles. The van der Waals surface area contributed by atoms with Crippen molar-refractivity contribution in [2.24, 2.45) is 7.05 Å². The van der Waals surface area contributed by atoms with Crippen molar-refractivity contribution in [1.29, 1.82) is 0 Å². The van der Waals surface area contributed by atoms with E-state index in [1.807, 2.05) is 0 Å². The van der Waals surface area contributed by atoms with Crippen molar-refractivity contribution >= 4 is 17.7 Å². The number of carbonyl (C=O) groups is 2. The first-order valence-electron chi connectivity index (χ1n) is 5.66. The van der Waals surface area contributed by atoms with E-state index < -0.39 is 16.9 Å². The van der Waals surface area contributed by atoms with Crippen LogP contribution in [0.15, 0.2) is 0 Å². The van der Waals surface area contributed by atoms with E-state index in [1.54, 1.807) is 6.92 Å². The predicted octanol–water partition coefficient (Wildman–Crippen LogP) is 0.483. The molecule has 9 nitrogen and oxygen atoms in total. The number of nitrogens with zero attached hydrogens (tertiary/aromatic N) is 4. The van der Waals surface area contributed by atoms with Crippen LogP contribution in [-0.4, -0.2) is 44.8 Å². The van der Waals surface area contributed by atoms with Gasteiger partial charge in [-0.2, -0.15) is 5.10 Å². The lowest BCUT2D eigenvalue weighted by Gasteiger charge is -2.09. The number of imide groups is 1. The van der Waals surface area contributed by atoms with Crippen molar-refractivity contribution in [3.8, 4) is 0 Å². The molecule has 1 fully saturated rings. The summed E-state index contributed by atoms with van der Waals surface area (Å²) < 4.78 is 5.78. The van der Waals surface area contributed by atoms with Gasteiger partial charge in [0.25, 0.3) is 5.91 Å². The Morgan fingerprint density at radius 1 is 1.58 bits per heavy atom. The van der Waals surface area contributed by atoms with Gasteiger partial charge in [0.1, 0.15) is 12.3 Å². The fourth-order valence-electron chi connectivity index (χ4n) is 1.94. The fraction of sp³-hybridized carbons (Fsp3) is 0.500. The second-order valence-electron chi connectivity index (χ2n) is 3.95. The Kier molecular flexibility index (Phi) is 3.19. The average molecular weight is 268 g/mol. The molecule has 0 aromatic carbocycles. The van der Waals surface area contributed by atoms with E-state index in [0.29, 0.717) is 6.42 Å². The Balaban J connectivity index is 2.49.